The fraction of sp³-hybridized carbons (Fsp3) is 0.500. The van der Waals surface area contributed by atoms with Gasteiger partial charge in [-0.15, -0.1) is 0 Å². The predicted octanol–water partition coefficient (Wildman–Crippen LogP) is -1.15. The summed E-state index contributed by atoms with van der Waals surface area (Å²) < 4.78 is 2.93. The molecule has 2 aromatic rings. The highest BCUT2D eigenvalue weighted by Crippen LogP contribution is 2.16. The molecule has 3 rings (SSSR count). The molecule has 0 spiro atoms. The van der Waals surface area contributed by atoms with Crippen molar-refractivity contribution < 1.29 is 9.59 Å². The summed E-state index contributed by atoms with van der Waals surface area (Å²) in [6.45, 7) is 1.14. The smallest absolute Gasteiger partial charge is 0.264 e. The number of amides is 2. The number of rotatable bonds is 4. The van der Waals surface area contributed by atoms with Gasteiger partial charge in [0.1, 0.15) is 5.39 Å². The Morgan fingerprint density at radius 2 is 2.22 bits per heavy atom. The maximum absolute atomic E-state index is 12.3. The first kappa shape index (κ1) is 15.2. The Hall–Kier alpha value is -2.71. The molecule has 1 aliphatic rings. The Morgan fingerprint density at radius 1 is 1.43 bits per heavy atom. The van der Waals surface area contributed by atoms with Crippen molar-refractivity contribution in [2.45, 2.75) is 19.4 Å². The highest BCUT2D eigenvalue weighted by atomic mass is 16.2. The minimum Gasteiger partial charge on any atom is -0.369 e. The molecule has 0 bridgehead atoms. The second-order valence-electron chi connectivity index (χ2n) is 5.73. The van der Waals surface area contributed by atoms with Gasteiger partial charge in [0.05, 0.1) is 18.4 Å². The summed E-state index contributed by atoms with van der Waals surface area (Å²) in [7, 11) is 1.71. The second-order valence-corrected chi connectivity index (χ2v) is 5.73. The van der Waals surface area contributed by atoms with Crippen molar-refractivity contribution in [1.29, 1.82) is 0 Å². The third-order valence-electron chi connectivity index (χ3n) is 4.23. The van der Waals surface area contributed by atoms with E-state index in [1.807, 2.05) is 0 Å². The Balaban J connectivity index is 1.67. The monoisotopic (exact) mass is 318 g/mol. The third-order valence-corrected chi connectivity index (χ3v) is 4.23. The lowest BCUT2D eigenvalue weighted by atomic mass is 10.1. The lowest BCUT2D eigenvalue weighted by molar-refractivity contribution is -0.130. The first-order chi connectivity index (χ1) is 11.0. The molecule has 1 atom stereocenters. The van der Waals surface area contributed by atoms with Crippen LogP contribution in [0.4, 0.5) is 0 Å². The van der Waals surface area contributed by atoms with Crippen LogP contribution in [0.5, 0.6) is 0 Å². The Morgan fingerprint density at radius 3 is 2.91 bits per heavy atom. The molecule has 0 radical (unpaired) electrons. The van der Waals surface area contributed by atoms with Crippen LogP contribution >= 0.6 is 0 Å². The highest BCUT2D eigenvalue weighted by Gasteiger charge is 2.29. The van der Waals surface area contributed by atoms with Gasteiger partial charge in [-0.05, 0) is 6.42 Å². The van der Waals surface area contributed by atoms with Crippen LogP contribution in [0.3, 0.4) is 0 Å². The summed E-state index contributed by atoms with van der Waals surface area (Å²) in [5, 5.41) is 4.43. The van der Waals surface area contributed by atoms with E-state index in [9.17, 15) is 14.4 Å². The van der Waals surface area contributed by atoms with E-state index in [1.54, 1.807) is 11.9 Å². The molecule has 0 saturated carbocycles. The normalized spacial score (nSPS) is 17.8. The van der Waals surface area contributed by atoms with E-state index in [0.29, 0.717) is 30.5 Å². The van der Waals surface area contributed by atoms with E-state index >= 15 is 0 Å². The Bertz CT molecular complexity index is 824. The number of fused-ring (bicyclic) bond motifs is 1. The number of aryl methyl sites for hydroxylation is 2. The van der Waals surface area contributed by atoms with Gasteiger partial charge >= 0.3 is 0 Å². The summed E-state index contributed by atoms with van der Waals surface area (Å²) in [6.07, 6.45) is 3.68. The molecule has 2 amide bonds. The quantitative estimate of drug-likeness (QED) is 0.764. The van der Waals surface area contributed by atoms with Crippen molar-refractivity contribution in [2.24, 2.45) is 18.7 Å². The number of nitrogens with two attached hydrogens (primary N) is 1. The summed E-state index contributed by atoms with van der Waals surface area (Å²) in [5.74, 6) is -0.732. The Kier molecular flexibility index (Phi) is 3.85. The molecule has 1 saturated heterocycles. The lowest BCUT2D eigenvalue weighted by Gasteiger charge is -2.16. The molecule has 0 aliphatic carbocycles. The standard InChI is InChI=1S/C14H18N6O3/c1-18-13-10(6-17-18)14(23)20(8-16-13)5-3-11(21)19-4-2-9(7-19)12(15)22/h6,8-9H,2-5,7H2,1H3,(H2,15,22)/t9-/m1/s1. The molecule has 1 fully saturated rings. The van der Waals surface area contributed by atoms with Crippen molar-refractivity contribution in [3.05, 3.63) is 22.9 Å². The number of hydrogen-bond donors (Lipinski definition) is 1. The molecule has 23 heavy (non-hydrogen) atoms. The maximum atomic E-state index is 12.3. The summed E-state index contributed by atoms with van der Waals surface area (Å²) in [6, 6.07) is 0. The molecule has 1 aliphatic heterocycles. The molecule has 0 aromatic carbocycles. The number of carbonyl (C=O) groups is 2. The second kappa shape index (κ2) is 5.82. The topological polar surface area (TPSA) is 116 Å². The SMILES string of the molecule is Cn1ncc2c(=O)n(CCC(=O)N3CC[C@@H](C(N)=O)C3)cnc21. The van der Waals surface area contributed by atoms with E-state index in [0.717, 1.165) is 0 Å². The predicted molar refractivity (Wildman–Crippen MR) is 81.3 cm³/mol. The van der Waals surface area contributed by atoms with Crippen molar-refractivity contribution in [3.63, 3.8) is 0 Å². The summed E-state index contributed by atoms with van der Waals surface area (Å²) in [4.78, 5) is 41.4. The molecular formula is C14H18N6O3. The molecule has 9 nitrogen and oxygen atoms in total. The average molecular weight is 318 g/mol. The number of carbonyl (C=O) groups excluding carboxylic acids is 2. The van der Waals surface area contributed by atoms with Gasteiger partial charge in [-0.2, -0.15) is 5.10 Å². The third kappa shape index (κ3) is 2.81. The lowest BCUT2D eigenvalue weighted by Crippen LogP contribution is -2.33. The van der Waals surface area contributed by atoms with Crippen molar-refractivity contribution in [3.8, 4) is 0 Å². The van der Waals surface area contributed by atoms with E-state index < -0.39 is 0 Å². The molecule has 0 unspecified atom stereocenters. The van der Waals surface area contributed by atoms with Crippen LogP contribution in [0.2, 0.25) is 0 Å². The van der Waals surface area contributed by atoms with Gasteiger partial charge in [0.25, 0.3) is 5.56 Å². The first-order valence-electron chi connectivity index (χ1n) is 7.41. The molecule has 122 valence electrons. The zero-order valence-corrected chi connectivity index (χ0v) is 12.8. The molecular weight excluding hydrogens is 300 g/mol. The van der Waals surface area contributed by atoms with Crippen LogP contribution < -0.4 is 11.3 Å². The van der Waals surface area contributed by atoms with Crippen LogP contribution in [0.1, 0.15) is 12.8 Å². The highest BCUT2D eigenvalue weighted by molar-refractivity contribution is 5.81. The van der Waals surface area contributed by atoms with Crippen LogP contribution in [-0.2, 0) is 23.2 Å². The van der Waals surface area contributed by atoms with Gasteiger partial charge in [0.2, 0.25) is 11.8 Å². The van der Waals surface area contributed by atoms with Gasteiger partial charge in [-0.25, -0.2) is 4.98 Å². The molecule has 3 heterocycles. The van der Waals surface area contributed by atoms with Crippen molar-refractivity contribution in [1.82, 2.24) is 24.2 Å². The fourth-order valence-corrected chi connectivity index (χ4v) is 2.82. The minimum atomic E-state index is -0.372. The van der Waals surface area contributed by atoms with Gasteiger partial charge < -0.3 is 10.6 Å². The first-order valence-corrected chi connectivity index (χ1v) is 7.41. The van der Waals surface area contributed by atoms with Gasteiger partial charge in [0.15, 0.2) is 5.65 Å². The number of likely N-dealkylation sites (tertiary alicyclic amines) is 1. The molecule has 9 heteroatoms. The number of aromatic nitrogens is 4. The summed E-state index contributed by atoms with van der Waals surface area (Å²) in [5.41, 5.74) is 5.56. The van der Waals surface area contributed by atoms with Crippen LogP contribution in [-0.4, -0.2) is 49.1 Å². The average Bonchev–Trinajstić information content (AvgIpc) is 3.14. The maximum Gasteiger partial charge on any atom is 0.264 e. The molecule has 2 N–H and O–H groups in total. The fourth-order valence-electron chi connectivity index (χ4n) is 2.82. The van der Waals surface area contributed by atoms with Gasteiger partial charge in [-0.1, -0.05) is 0 Å². The summed E-state index contributed by atoms with van der Waals surface area (Å²) >= 11 is 0. The zero-order chi connectivity index (χ0) is 16.6. The van der Waals surface area contributed by atoms with Crippen LogP contribution in [0, 0.1) is 5.92 Å². The zero-order valence-electron chi connectivity index (χ0n) is 12.8. The van der Waals surface area contributed by atoms with E-state index in [-0.39, 0.29) is 36.3 Å². The van der Waals surface area contributed by atoms with Gasteiger partial charge in [-0.3, -0.25) is 23.6 Å². The number of hydrogen-bond acceptors (Lipinski definition) is 5. The van der Waals surface area contributed by atoms with Gasteiger partial charge in [0, 0.05) is 33.1 Å². The number of primary amides is 1. The van der Waals surface area contributed by atoms with Crippen molar-refractivity contribution >= 4 is 22.8 Å². The van der Waals surface area contributed by atoms with E-state index in [1.165, 1.54) is 21.8 Å². The van der Waals surface area contributed by atoms with Crippen molar-refractivity contribution in [2.75, 3.05) is 13.1 Å². The van der Waals surface area contributed by atoms with E-state index in [4.69, 9.17) is 5.73 Å². The number of nitrogens with zero attached hydrogens (tertiary/aromatic N) is 5. The Labute approximate surface area is 131 Å². The largest absolute Gasteiger partial charge is 0.369 e. The molecule has 2 aromatic heterocycles. The van der Waals surface area contributed by atoms with Crippen LogP contribution in [0.15, 0.2) is 17.3 Å². The minimum absolute atomic E-state index is 0.0908. The van der Waals surface area contributed by atoms with E-state index in [2.05, 4.69) is 10.1 Å². The van der Waals surface area contributed by atoms with Crippen LogP contribution in [0.25, 0.3) is 11.0 Å².